The minimum Gasteiger partial charge on any atom is -0.463 e. The predicted molar refractivity (Wildman–Crippen MR) is 78.1 cm³/mol. The fraction of sp³-hybridized carbons (Fsp3) is 0.667. The minimum absolute atomic E-state index is 0.228. The van der Waals surface area contributed by atoms with Crippen LogP contribution in [0.2, 0.25) is 0 Å². The van der Waals surface area contributed by atoms with Crippen molar-refractivity contribution in [2.45, 2.75) is 39.2 Å². The molecular weight excluding hydrogens is 270 g/mol. The van der Waals surface area contributed by atoms with Crippen LogP contribution in [0.4, 0.5) is 4.79 Å². The Bertz CT molecular complexity index is 451. The number of ether oxygens (including phenoxy) is 2. The number of rotatable bonds is 3. The zero-order valence-corrected chi connectivity index (χ0v) is 12.9. The second-order valence-corrected chi connectivity index (χ2v) is 6.25. The van der Waals surface area contributed by atoms with E-state index in [-0.39, 0.29) is 6.09 Å². The highest BCUT2D eigenvalue weighted by Gasteiger charge is 2.27. The molecule has 1 aliphatic rings. The van der Waals surface area contributed by atoms with E-state index in [9.17, 15) is 4.79 Å². The van der Waals surface area contributed by atoms with E-state index in [4.69, 9.17) is 9.47 Å². The molecule has 6 nitrogen and oxygen atoms in total. The third-order valence-corrected chi connectivity index (χ3v) is 3.26. The van der Waals surface area contributed by atoms with Gasteiger partial charge in [0.05, 0.1) is 6.61 Å². The highest BCUT2D eigenvalue weighted by atomic mass is 16.6. The molecule has 0 saturated carbocycles. The molecule has 116 valence electrons. The number of amides is 1. The summed E-state index contributed by atoms with van der Waals surface area (Å²) in [6, 6.07) is 2.17. The molecule has 0 aliphatic carbocycles. The summed E-state index contributed by atoms with van der Waals surface area (Å²) in [5, 5.41) is 0. The SMILES string of the molecule is CC(C)(C)OC(=O)N1CCC(COc2ncccn2)CC1. The fourth-order valence-corrected chi connectivity index (χ4v) is 2.16. The van der Waals surface area contributed by atoms with E-state index in [1.807, 2.05) is 20.8 Å². The maximum Gasteiger partial charge on any atom is 0.410 e. The predicted octanol–water partition coefficient (Wildman–Crippen LogP) is 2.50. The number of piperidine rings is 1. The van der Waals surface area contributed by atoms with E-state index in [1.165, 1.54) is 0 Å². The molecular formula is C15H23N3O3. The molecule has 1 aromatic heterocycles. The van der Waals surface area contributed by atoms with Gasteiger partial charge in [0.1, 0.15) is 5.60 Å². The van der Waals surface area contributed by atoms with Crippen molar-refractivity contribution in [3.05, 3.63) is 18.5 Å². The number of carbonyl (C=O) groups is 1. The highest BCUT2D eigenvalue weighted by molar-refractivity contribution is 5.68. The molecule has 1 amide bonds. The molecule has 6 heteroatoms. The Morgan fingerprint density at radius 3 is 2.48 bits per heavy atom. The number of likely N-dealkylation sites (tertiary alicyclic amines) is 1. The number of hydrogen-bond acceptors (Lipinski definition) is 5. The van der Waals surface area contributed by atoms with Gasteiger partial charge in [-0.15, -0.1) is 0 Å². The largest absolute Gasteiger partial charge is 0.463 e. The van der Waals surface area contributed by atoms with Crippen LogP contribution in [0.25, 0.3) is 0 Å². The van der Waals surface area contributed by atoms with Crippen molar-refractivity contribution < 1.29 is 14.3 Å². The lowest BCUT2D eigenvalue weighted by molar-refractivity contribution is 0.0163. The van der Waals surface area contributed by atoms with Gasteiger partial charge >= 0.3 is 12.1 Å². The Labute approximate surface area is 125 Å². The zero-order valence-electron chi connectivity index (χ0n) is 12.9. The monoisotopic (exact) mass is 293 g/mol. The molecule has 0 unspecified atom stereocenters. The van der Waals surface area contributed by atoms with Crippen LogP contribution in [0, 0.1) is 5.92 Å². The van der Waals surface area contributed by atoms with Crippen LogP contribution < -0.4 is 4.74 Å². The lowest BCUT2D eigenvalue weighted by atomic mass is 9.98. The summed E-state index contributed by atoms with van der Waals surface area (Å²) >= 11 is 0. The van der Waals surface area contributed by atoms with Crippen LogP contribution in [0.1, 0.15) is 33.6 Å². The van der Waals surface area contributed by atoms with Gasteiger partial charge in [-0.3, -0.25) is 0 Å². The van der Waals surface area contributed by atoms with E-state index in [0.29, 0.717) is 31.6 Å². The third kappa shape index (κ3) is 5.21. The molecule has 0 radical (unpaired) electrons. The summed E-state index contributed by atoms with van der Waals surface area (Å²) in [7, 11) is 0. The fourth-order valence-electron chi connectivity index (χ4n) is 2.16. The summed E-state index contributed by atoms with van der Waals surface area (Å²) in [6.45, 7) is 7.64. The summed E-state index contributed by atoms with van der Waals surface area (Å²) in [5.41, 5.74) is -0.443. The van der Waals surface area contributed by atoms with Crippen LogP contribution in [-0.2, 0) is 4.74 Å². The van der Waals surface area contributed by atoms with Crippen molar-refractivity contribution in [2.75, 3.05) is 19.7 Å². The molecule has 2 heterocycles. The molecule has 0 spiro atoms. The standard InChI is InChI=1S/C15H23N3O3/c1-15(2,3)21-14(19)18-9-5-12(6-10-18)11-20-13-16-7-4-8-17-13/h4,7-8,12H,5-6,9-11H2,1-3H3. The second kappa shape index (κ2) is 6.74. The first-order valence-electron chi connectivity index (χ1n) is 7.32. The first kappa shape index (κ1) is 15.5. The van der Waals surface area contributed by atoms with E-state index in [2.05, 4.69) is 9.97 Å². The first-order valence-corrected chi connectivity index (χ1v) is 7.32. The van der Waals surface area contributed by atoms with Crippen molar-refractivity contribution in [1.29, 1.82) is 0 Å². The molecule has 0 bridgehead atoms. The number of hydrogen-bond donors (Lipinski definition) is 0. The molecule has 0 atom stereocenters. The summed E-state index contributed by atoms with van der Waals surface area (Å²) < 4.78 is 10.9. The lowest BCUT2D eigenvalue weighted by Gasteiger charge is -2.33. The lowest BCUT2D eigenvalue weighted by Crippen LogP contribution is -2.42. The van der Waals surface area contributed by atoms with Gasteiger partial charge in [0, 0.05) is 25.5 Å². The van der Waals surface area contributed by atoms with Gasteiger partial charge in [0.25, 0.3) is 0 Å². The molecule has 21 heavy (non-hydrogen) atoms. The molecule has 1 fully saturated rings. The zero-order chi connectivity index (χ0) is 15.3. The van der Waals surface area contributed by atoms with E-state index in [0.717, 1.165) is 12.8 Å². The van der Waals surface area contributed by atoms with Crippen molar-refractivity contribution >= 4 is 6.09 Å². The highest BCUT2D eigenvalue weighted by Crippen LogP contribution is 2.20. The van der Waals surface area contributed by atoms with Gasteiger partial charge in [-0.25, -0.2) is 14.8 Å². The minimum atomic E-state index is -0.443. The second-order valence-electron chi connectivity index (χ2n) is 6.25. The van der Waals surface area contributed by atoms with E-state index >= 15 is 0 Å². The van der Waals surface area contributed by atoms with Crippen molar-refractivity contribution in [1.82, 2.24) is 14.9 Å². The van der Waals surface area contributed by atoms with Gasteiger partial charge < -0.3 is 14.4 Å². The number of nitrogens with zero attached hydrogens (tertiary/aromatic N) is 3. The Hall–Kier alpha value is -1.85. The molecule has 2 rings (SSSR count). The van der Waals surface area contributed by atoms with E-state index in [1.54, 1.807) is 23.4 Å². The smallest absolute Gasteiger partial charge is 0.410 e. The van der Waals surface area contributed by atoms with Crippen LogP contribution in [0.5, 0.6) is 6.01 Å². The first-order chi connectivity index (χ1) is 9.94. The van der Waals surface area contributed by atoms with Crippen LogP contribution in [0.3, 0.4) is 0 Å². The molecule has 0 N–H and O–H groups in total. The van der Waals surface area contributed by atoms with Crippen molar-refractivity contribution in [3.8, 4) is 6.01 Å². The Balaban J connectivity index is 1.72. The van der Waals surface area contributed by atoms with Gasteiger partial charge in [0.15, 0.2) is 0 Å². The third-order valence-electron chi connectivity index (χ3n) is 3.26. The summed E-state index contributed by atoms with van der Waals surface area (Å²) in [4.78, 5) is 21.8. The Kier molecular flexibility index (Phi) is 4.98. The summed E-state index contributed by atoms with van der Waals surface area (Å²) in [6.07, 6.45) is 4.91. The van der Waals surface area contributed by atoms with Crippen molar-refractivity contribution in [2.24, 2.45) is 5.92 Å². The number of carbonyl (C=O) groups excluding carboxylic acids is 1. The topological polar surface area (TPSA) is 64.5 Å². The quantitative estimate of drug-likeness (QED) is 0.856. The maximum absolute atomic E-state index is 12.0. The van der Waals surface area contributed by atoms with Gasteiger partial charge in [0.2, 0.25) is 0 Å². The molecule has 1 aliphatic heterocycles. The Morgan fingerprint density at radius 2 is 1.90 bits per heavy atom. The van der Waals surface area contributed by atoms with E-state index < -0.39 is 5.60 Å². The van der Waals surface area contributed by atoms with Gasteiger partial charge in [-0.1, -0.05) is 0 Å². The molecule has 1 saturated heterocycles. The number of aromatic nitrogens is 2. The van der Waals surface area contributed by atoms with Crippen LogP contribution in [0.15, 0.2) is 18.5 Å². The Morgan fingerprint density at radius 1 is 1.29 bits per heavy atom. The summed E-state index contributed by atoms with van der Waals surface area (Å²) in [5.74, 6) is 0.424. The molecule has 1 aromatic rings. The van der Waals surface area contributed by atoms with Gasteiger partial charge in [-0.2, -0.15) is 0 Å². The maximum atomic E-state index is 12.0. The molecule has 0 aromatic carbocycles. The van der Waals surface area contributed by atoms with Crippen molar-refractivity contribution in [3.63, 3.8) is 0 Å². The van der Waals surface area contributed by atoms with Crippen LogP contribution in [-0.4, -0.2) is 46.3 Å². The van der Waals surface area contributed by atoms with Gasteiger partial charge in [-0.05, 0) is 45.6 Å². The normalized spacial score (nSPS) is 16.6. The average Bonchev–Trinajstić information content (AvgIpc) is 2.45. The van der Waals surface area contributed by atoms with Crippen LogP contribution >= 0.6 is 0 Å². The average molecular weight is 293 g/mol.